The van der Waals surface area contributed by atoms with Gasteiger partial charge < -0.3 is 4.74 Å². The first kappa shape index (κ1) is 17.4. The normalized spacial score (nSPS) is 24.2. The Morgan fingerprint density at radius 3 is 2.50 bits per heavy atom. The molecule has 1 heterocycles. The number of esters is 1. The molecule has 1 saturated carbocycles. The van der Waals surface area contributed by atoms with E-state index in [0.29, 0.717) is 6.42 Å². The van der Waals surface area contributed by atoms with E-state index in [9.17, 15) is 13.2 Å². The molecule has 0 aromatic heterocycles. The fourth-order valence-electron chi connectivity index (χ4n) is 3.63. The Morgan fingerprint density at radius 2 is 1.88 bits per heavy atom. The Labute approximate surface area is 143 Å². The third-order valence-electron chi connectivity index (χ3n) is 5.27. The first-order valence-corrected chi connectivity index (χ1v) is 9.90. The number of benzene rings is 1. The number of carbonyl (C=O) groups excluding carboxylic acids is 1. The SMILES string of the molecule is Cc1ccc(S(=O)(=O)OCC(C)C2CC3(CCCC3)C(=O)O2)cc1. The third kappa shape index (κ3) is 3.35. The Bertz CT molecular complexity index is 701. The number of rotatable bonds is 5. The van der Waals surface area contributed by atoms with Crippen molar-refractivity contribution in [1.82, 2.24) is 0 Å². The minimum Gasteiger partial charge on any atom is -0.462 e. The van der Waals surface area contributed by atoms with E-state index < -0.39 is 10.1 Å². The Morgan fingerprint density at radius 1 is 1.25 bits per heavy atom. The van der Waals surface area contributed by atoms with Crippen LogP contribution < -0.4 is 0 Å². The quantitative estimate of drug-likeness (QED) is 0.601. The molecule has 132 valence electrons. The molecular formula is C18H24O5S. The summed E-state index contributed by atoms with van der Waals surface area (Å²) in [5.41, 5.74) is 0.663. The van der Waals surface area contributed by atoms with Gasteiger partial charge in [0.15, 0.2) is 0 Å². The number of aryl methyl sites for hydroxylation is 1. The van der Waals surface area contributed by atoms with Crippen molar-refractivity contribution in [2.24, 2.45) is 11.3 Å². The number of hydrogen-bond donors (Lipinski definition) is 0. The van der Waals surface area contributed by atoms with Crippen LogP contribution in [0.4, 0.5) is 0 Å². The van der Waals surface area contributed by atoms with Gasteiger partial charge in [-0.3, -0.25) is 8.98 Å². The zero-order valence-corrected chi connectivity index (χ0v) is 15.0. The van der Waals surface area contributed by atoms with Crippen molar-refractivity contribution in [3.63, 3.8) is 0 Å². The third-order valence-corrected chi connectivity index (χ3v) is 6.57. The van der Waals surface area contributed by atoms with Gasteiger partial charge in [-0.2, -0.15) is 8.42 Å². The maximum atomic E-state index is 12.2. The van der Waals surface area contributed by atoms with E-state index in [1.165, 1.54) is 0 Å². The molecule has 2 unspecified atom stereocenters. The van der Waals surface area contributed by atoms with Crippen LogP contribution in [-0.4, -0.2) is 27.1 Å². The molecule has 2 fully saturated rings. The van der Waals surface area contributed by atoms with Gasteiger partial charge in [-0.25, -0.2) is 0 Å². The van der Waals surface area contributed by atoms with Gasteiger partial charge in [0.1, 0.15) is 6.10 Å². The second-order valence-corrected chi connectivity index (χ2v) is 8.78. The summed E-state index contributed by atoms with van der Waals surface area (Å²) in [5.74, 6) is -0.271. The van der Waals surface area contributed by atoms with Gasteiger partial charge in [0, 0.05) is 12.3 Å². The second kappa shape index (κ2) is 6.48. The average molecular weight is 352 g/mol. The Hall–Kier alpha value is -1.40. The number of hydrogen-bond acceptors (Lipinski definition) is 5. The lowest BCUT2D eigenvalue weighted by Crippen LogP contribution is -2.24. The van der Waals surface area contributed by atoms with E-state index in [0.717, 1.165) is 31.2 Å². The van der Waals surface area contributed by atoms with Crippen molar-refractivity contribution in [3.05, 3.63) is 29.8 Å². The van der Waals surface area contributed by atoms with Crippen LogP contribution in [0.1, 0.15) is 44.6 Å². The monoisotopic (exact) mass is 352 g/mol. The van der Waals surface area contributed by atoms with E-state index in [1.807, 2.05) is 13.8 Å². The van der Waals surface area contributed by atoms with Gasteiger partial charge in [-0.05, 0) is 31.9 Å². The first-order valence-electron chi connectivity index (χ1n) is 8.50. The minimum atomic E-state index is -3.78. The lowest BCUT2D eigenvalue weighted by molar-refractivity contribution is -0.150. The van der Waals surface area contributed by atoms with E-state index >= 15 is 0 Å². The summed E-state index contributed by atoms with van der Waals surface area (Å²) in [6, 6.07) is 6.56. The molecule has 0 amide bonds. The molecule has 1 aliphatic heterocycles. The summed E-state index contributed by atoms with van der Waals surface area (Å²) in [4.78, 5) is 12.3. The summed E-state index contributed by atoms with van der Waals surface area (Å²) < 4.78 is 35.2. The molecule has 1 spiro atoms. The van der Waals surface area contributed by atoms with Crippen LogP contribution in [0.5, 0.6) is 0 Å². The highest BCUT2D eigenvalue weighted by atomic mass is 32.2. The maximum Gasteiger partial charge on any atom is 0.312 e. The van der Waals surface area contributed by atoms with Crippen LogP contribution in [0.3, 0.4) is 0 Å². The molecule has 1 saturated heterocycles. The Kier molecular flexibility index (Phi) is 4.71. The van der Waals surface area contributed by atoms with Crippen LogP contribution in [0.15, 0.2) is 29.2 Å². The smallest absolute Gasteiger partial charge is 0.312 e. The van der Waals surface area contributed by atoms with Crippen LogP contribution in [0.2, 0.25) is 0 Å². The van der Waals surface area contributed by atoms with Gasteiger partial charge in [0.05, 0.1) is 16.9 Å². The number of carbonyl (C=O) groups is 1. The molecule has 0 bridgehead atoms. The van der Waals surface area contributed by atoms with Crippen molar-refractivity contribution >= 4 is 16.1 Å². The zero-order valence-electron chi connectivity index (χ0n) is 14.2. The molecule has 2 aliphatic rings. The maximum absolute atomic E-state index is 12.2. The summed E-state index contributed by atoms with van der Waals surface area (Å²) in [5, 5.41) is 0. The van der Waals surface area contributed by atoms with Crippen LogP contribution in [0, 0.1) is 18.3 Å². The van der Waals surface area contributed by atoms with Gasteiger partial charge in [0.2, 0.25) is 0 Å². The summed E-state index contributed by atoms with van der Waals surface area (Å²) >= 11 is 0. The van der Waals surface area contributed by atoms with Crippen LogP contribution in [-0.2, 0) is 23.8 Å². The zero-order chi connectivity index (χ0) is 17.4. The average Bonchev–Trinajstić information content (AvgIpc) is 3.14. The molecule has 0 N–H and O–H groups in total. The predicted molar refractivity (Wildman–Crippen MR) is 88.9 cm³/mol. The van der Waals surface area contributed by atoms with Gasteiger partial charge in [0.25, 0.3) is 10.1 Å². The van der Waals surface area contributed by atoms with E-state index in [4.69, 9.17) is 8.92 Å². The van der Waals surface area contributed by atoms with E-state index in [1.54, 1.807) is 24.3 Å². The molecule has 0 radical (unpaired) electrons. The molecule has 1 aromatic carbocycles. The van der Waals surface area contributed by atoms with Crippen molar-refractivity contribution in [1.29, 1.82) is 0 Å². The summed E-state index contributed by atoms with van der Waals surface area (Å²) in [7, 11) is -3.78. The fraction of sp³-hybridized carbons (Fsp3) is 0.611. The Balaban J connectivity index is 1.60. The van der Waals surface area contributed by atoms with Crippen molar-refractivity contribution in [2.45, 2.75) is 57.0 Å². The van der Waals surface area contributed by atoms with Gasteiger partial charge in [-0.1, -0.05) is 37.5 Å². The van der Waals surface area contributed by atoms with Crippen molar-refractivity contribution in [2.75, 3.05) is 6.61 Å². The highest BCUT2D eigenvalue weighted by Crippen LogP contribution is 2.48. The number of cyclic esters (lactones) is 1. The predicted octanol–water partition coefficient (Wildman–Crippen LogP) is 3.21. The topological polar surface area (TPSA) is 69.7 Å². The van der Waals surface area contributed by atoms with Crippen LogP contribution in [0.25, 0.3) is 0 Å². The molecule has 2 atom stereocenters. The minimum absolute atomic E-state index is 0.0181. The lowest BCUT2D eigenvalue weighted by Gasteiger charge is -2.19. The molecular weight excluding hydrogens is 328 g/mol. The van der Waals surface area contributed by atoms with Gasteiger partial charge in [-0.15, -0.1) is 0 Å². The summed E-state index contributed by atoms with van der Waals surface area (Å²) in [6.07, 6.45) is 4.32. The van der Waals surface area contributed by atoms with Crippen LogP contribution >= 0.6 is 0 Å². The molecule has 3 rings (SSSR count). The lowest BCUT2D eigenvalue weighted by atomic mass is 9.81. The highest BCUT2D eigenvalue weighted by Gasteiger charge is 2.51. The molecule has 24 heavy (non-hydrogen) atoms. The molecule has 6 heteroatoms. The van der Waals surface area contributed by atoms with Gasteiger partial charge >= 0.3 is 5.97 Å². The van der Waals surface area contributed by atoms with Crippen molar-refractivity contribution in [3.8, 4) is 0 Å². The fourth-order valence-corrected chi connectivity index (χ4v) is 4.63. The first-order chi connectivity index (χ1) is 11.3. The second-order valence-electron chi connectivity index (χ2n) is 7.16. The molecule has 1 aliphatic carbocycles. The van der Waals surface area contributed by atoms with E-state index in [2.05, 4.69) is 0 Å². The molecule has 1 aromatic rings. The summed E-state index contributed by atoms with van der Waals surface area (Å²) in [6.45, 7) is 3.79. The van der Waals surface area contributed by atoms with E-state index in [-0.39, 0.29) is 34.9 Å². The van der Waals surface area contributed by atoms with Crippen molar-refractivity contribution < 1.29 is 22.1 Å². The highest BCUT2D eigenvalue weighted by molar-refractivity contribution is 7.86. The molecule has 5 nitrogen and oxygen atoms in total. The largest absolute Gasteiger partial charge is 0.462 e. The standard InChI is InChI=1S/C18H24O5S/c1-13-5-7-15(8-6-13)24(20,21)22-12-14(2)16-11-18(17(19)23-16)9-3-4-10-18/h5-8,14,16H,3-4,9-12H2,1-2H3. The number of ether oxygens (including phenoxy) is 1.